The van der Waals surface area contributed by atoms with Gasteiger partial charge in [-0.25, -0.2) is 0 Å². The summed E-state index contributed by atoms with van der Waals surface area (Å²) in [5, 5.41) is 22.7. The average molecular weight is 426 g/mol. The summed E-state index contributed by atoms with van der Waals surface area (Å²) in [5.74, 6) is 1.10. The molecule has 3 aromatic carbocycles. The highest BCUT2D eigenvalue weighted by atomic mass is 35.5. The molecule has 30 heavy (non-hydrogen) atoms. The molecule has 0 saturated carbocycles. The summed E-state index contributed by atoms with van der Waals surface area (Å²) in [6.45, 7) is 1.79. The van der Waals surface area contributed by atoms with E-state index in [1.807, 2.05) is 24.3 Å². The summed E-state index contributed by atoms with van der Waals surface area (Å²) in [6, 6.07) is 18.5. The first-order valence-corrected chi connectivity index (χ1v) is 9.80. The van der Waals surface area contributed by atoms with Crippen molar-refractivity contribution in [3.8, 4) is 17.2 Å². The summed E-state index contributed by atoms with van der Waals surface area (Å²) >= 11 is 6.04. The first-order valence-electron chi connectivity index (χ1n) is 9.42. The summed E-state index contributed by atoms with van der Waals surface area (Å²) < 4.78 is 11.0. The van der Waals surface area contributed by atoms with Gasteiger partial charge in [0.25, 0.3) is 0 Å². The number of nitrogens with zero attached hydrogens (tertiary/aromatic N) is 1. The number of para-hydroxylation sites is 2. The maximum absolute atomic E-state index is 12.1. The monoisotopic (exact) mass is 425 g/mol. The predicted molar refractivity (Wildman–Crippen MR) is 119 cm³/mol. The highest BCUT2D eigenvalue weighted by Crippen LogP contribution is 2.43. The molecule has 0 aliphatic rings. The molecule has 0 heterocycles. The molecule has 0 aromatic heterocycles. The number of aromatic hydroxyl groups is 1. The number of aliphatic imine (C=N–C) groups is 1. The molecule has 1 atom stereocenters. The summed E-state index contributed by atoms with van der Waals surface area (Å²) in [7, 11) is 3.11. The summed E-state index contributed by atoms with van der Waals surface area (Å²) in [6.07, 6.45) is 1.50. The zero-order valence-corrected chi connectivity index (χ0v) is 17.8. The van der Waals surface area contributed by atoms with E-state index in [4.69, 9.17) is 21.1 Å². The molecular formula is C24H24ClNO4. The minimum absolute atomic E-state index is 0.0495. The van der Waals surface area contributed by atoms with Crippen molar-refractivity contribution in [2.45, 2.75) is 18.6 Å². The van der Waals surface area contributed by atoms with Crippen molar-refractivity contribution in [2.75, 3.05) is 14.2 Å². The van der Waals surface area contributed by atoms with Gasteiger partial charge in [0.15, 0.2) is 0 Å². The number of rotatable bonds is 7. The lowest BCUT2D eigenvalue weighted by atomic mass is 9.80. The Hall–Kier alpha value is -3.02. The lowest BCUT2D eigenvalue weighted by Crippen LogP contribution is -2.38. The van der Waals surface area contributed by atoms with E-state index >= 15 is 0 Å². The molecule has 6 heteroatoms. The van der Waals surface area contributed by atoms with Crippen molar-refractivity contribution in [3.63, 3.8) is 0 Å². The van der Waals surface area contributed by atoms with E-state index in [2.05, 4.69) is 4.99 Å². The number of benzene rings is 3. The van der Waals surface area contributed by atoms with E-state index in [9.17, 15) is 10.2 Å². The van der Waals surface area contributed by atoms with Gasteiger partial charge in [-0.15, -0.1) is 0 Å². The van der Waals surface area contributed by atoms with E-state index in [1.165, 1.54) is 12.3 Å². The van der Waals surface area contributed by atoms with Gasteiger partial charge >= 0.3 is 0 Å². The molecule has 2 N–H and O–H groups in total. The van der Waals surface area contributed by atoms with Gasteiger partial charge in [0.1, 0.15) is 22.8 Å². The van der Waals surface area contributed by atoms with Gasteiger partial charge in [-0.05, 0) is 37.3 Å². The Bertz CT molecular complexity index is 1000. The van der Waals surface area contributed by atoms with Gasteiger partial charge in [0, 0.05) is 27.9 Å². The standard InChI is InChI=1S/C24H24ClNO4/c1-16(26-15-17-14-18(25)12-13-21(17)27)24(28,19-8-4-6-10-22(19)29-2)20-9-5-7-11-23(20)30-3/h4-16,27-28H,1-3H3/t16-/m1/s1. The number of methoxy groups -OCH3 is 2. The highest BCUT2D eigenvalue weighted by molar-refractivity contribution is 6.30. The molecule has 3 aromatic rings. The Morgan fingerprint density at radius 2 is 1.47 bits per heavy atom. The first kappa shape index (κ1) is 21.7. The van der Waals surface area contributed by atoms with E-state index in [1.54, 1.807) is 57.5 Å². The number of aliphatic hydroxyl groups is 1. The molecule has 0 spiro atoms. The molecule has 0 radical (unpaired) electrons. The van der Waals surface area contributed by atoms with E-state index < -0.39 is 11.6 Å². The smallest absolute Gasteiger partial charge is 0.144 e. The molecule has 0 fully saturated rings. The van der Waals surface area contributed by atoms with Crippen molar-refractivity contribution in [1.29, 1.82) is 0 Å². The van der Waals surface area contributed by atoms with Gasteiger partial charge < -0.3 is 19.7 Å². The highest BCUT2D eigenvalue weighted by Gasteiger charge is 2.42. The fourth-order valence-electron chi connectivity index (χ4n) is 3.44. The SMILES string of the molecule is COc1ccccc1C(O)(c1ccccc1OC)[C@@H](C)N=Cc1cc(Cl)ccc1O. The third-order valence-corrected chi connectivity index (χ3v) is 5.30. The molecule has 3 rings (SSSR count). The molecule has 5 nitrogen and oxygen atoms in total. The van der Waals surface area contributed by atoms with Crippen molar-refractivity contribution >= 4 is 17.8 Å². The number of phenolic OH excluding ortho intramolecular Hbond substituents is 1. The van der Waals surface area contributed by atoms with Gasteiger partial charge in [-0.2, -0.15) is 0 Å². The van der Waals surface area contributed by atoms with Crippen LogP contribution in [0.4, 0.5) is 0 Å². The van der Waals surface area contributed by atoms with Crippen molar-refractivity contribution in [2.24, 2.45) is 4.99 Å². The van der Waals surface area contributed by atoms with Gasteiger partial charge in [0.2, 0.25) is 0 Å². The number of hydrogen-bond acceptors (Lipinski definition) is 5. The lowest BCUT2D eigenvalue weighted by Gasteiger charge is -2.35. The number of halogens is 1. The average Bonchev–Trinajstić information content (AvgIpc) is 2.78. The Morgan fingerprint density at radius 1 is 0.933 bits per heavy atom. The topological polar surface area (TPSA) is 71.3 Å². The van der Waals surface area contributed by atoms with Crippen LogP contribution >= 0.6 is 11.6 Å². The first-order chi connectivity index (χ1) is 14.4. The molecule has 0 bridgehead atoms. The minimum Gasteiger partial charge on any atom is -0.507 e. The van der Waals surface area contributed by atoms with E-state index in [0.717, 1.165) is 0 Å². The third kappa shape index (κ3) is 4.13. The van der Waals surface area contributed by atoms with Crippen LogP contribution in [-0.2, 0) is 5.60 Å². The Kier molecular flexibility index (Phi) is 6.65. The molecular weight excluding hydrogens is 402 g/mol. The lowest BCUT2D eigenvalue weighted by molar-refractivity contribution is 0.0538. The molecule has 0 unspecified atom stereocenters. The zero-order chi connectivity index (χ0) is 21.7. The molecule has 0 aliphatic carbocycles. The van der Waals surface area contributed by atoms with E-state index in [0.29, 0.717) is 33.2 Å². The second-order valence-corrected chi connectivity index (χ2v) is 7.26. The van der Waals surface area contributed by atoms with Gasteiger partial charge in [-0.3, -0.25) is 4.99 Å². The van der Waals surface area contributed by atoms with Crippen LogP contribution in [0.1, 0.15) is 23.6 Å². The molecule has 156 valence electrons. The molecule has 0 saturated heterocycles. The quantitative estimate of drug-likeness (QED) is 0.533. The van der Waals surface area contributed by atoms with Crippen LogP contribution < -0.4 is 9.47 Å². The Labute approximate surface area is 181 Å². The Morgan fingerprint density at radius 3 is 2.00 bits per heavy atom. The largest absolute Gasteiger partial charge is 0.507 e. The maximum atomic E-state index is 12.1. The van der Waals surface area contributed by atoms with Gasteiger partial charge in [-0.1, -0.05) is 48.0 Å². The Balaban J connectivity index is 2.16. The van der Waals surface area contributed by atoms with Crippen LogP contribution in [0, 0.1) is 0 Å². The van der Waals surface area contributed by atoms with Crippen LogP contribution in [0.5, 0.6) is 17.2 Å². The van der Waals surface area contributed by atoms with E-state index in [-0.39, 0.29) is 5.75 Å². The maximum Gasteiger partial charge on any atom is 0.144 e. The fraction of sp³-hybridized carbons (Fsp3) is 0.208. The zero-order valence-electron chi connectivity index (χ0n) is 17.0. The normalized spacial score (nSPS) is 12.7. The fourth-order valence-corrected chi connectivity index (χ4v) is 3.62. The third-order valence-electron chi connectivity index (χ3n) is 5.07. The van der Waals surface area contributed by atoms with Crippen molar-refractivity contribution in [1.82, 2.24) is 0 Å². The van der Waals surface area contributed by atoms with Crippen LogP contribution in [0.15, 0.2) is 71.7 Å². The van der Waals surface area contributed by atoms with Crippen molar-refractivity contribution < 1.29 is 19.7 Å². The second-order valence-electron chi connectivity index (χ2n) is 6.82. The summed E-state index contributed by atoms with van der Waals surface area (Å²) in [4.78, 5) is 4.57. The van der Waals surface area contributed by atoms with Gasteiger partial charge in [0.05, 0.1) is 20.3 Å². The number of phenols is 1. The van der Waals surface area contributed by atoms with Crippen LogP contribution in [0.25, 0.3) is 0 Å². The molecule has 0 aliphatic heterocycles. The van der Waals surface area contributed by atoms with Crippen LogP contribution in [0.3, 0.4) is 0 Å². The van der Waals surface area contributed by atoms with Crippen LogP contribution in [0.2, 0.25) is 5.02 Å². The summed E-state index contributed by atoms with van der Waals surface area (Å²) in [5.41, 5.74) is -0.00475. The predicted octanol–water partition coefficient (Wildman–Crippen LogP) is 4.81. The second kappa shape index (κ2) is 9.20. The number of ether oxygens (including phenoxy) is 2. The van der Waals surface area contributed by atoms with Crippen LogP contribution in [-0.4, -0.2) is 36.7 Å². The van der Waals surface area contributed by atoms with Crippen molar-refractivity contribution in [3.05, 3.63) is 88.4 Å². The number of hydrogen-bond donors (Lipinski definition) is 2. The minimum atomic E-state index is -1.57. The molecule has 0 amide bonds.